The summed E-state index contributed by atoms with van der Waals surface area (Å²) in [5.74, 6) is 0.932. The maximum absolute atomic E-state index is 12.8. The lowest BCUT2D eigenvalue weighted by molar-refractivity contribution is -0.137. The van der Waals surface area contributed by atoms with Gasteiger partial charge in [0.25, 0.3) is 5.91 Å². The number of rotatable bonds is 6. The van der Waals surface area contributed by atoms with Crippen molar-refractivity contribution < 1.29 is 14.3 Å². The second-order valence-corrected chi connectivity index (χ2v) is 7.68. The zero-order valence-electron chi connectivity index (χ0n) is 15.9. The highest BCUT2D eigenvalue weighted by Gasteiger charge is 2.32. The first-order valence-corrected chi connectivity index (χ1v) is 10.1. The third-order valence-corrected chi connectivity index (χ3v) is 5.79. The number of para-hydroxylation sites is 1. The molecule has 0 spiro atoms. The number of hydrogen-bond acceptors (Lipinski definition) is 4. The molecule has 27 heavy (non-hydrogen) atoms. The highest BCUT2D eigenvalue weighted by atomic mass is 16.5. The van der Waals surface area contributed by atoms with E-state index in [-0.39, 0.29) is 30.4 Å². The van der Waals surface area contributed by atoms with Crippen molar-refractivity contribution in [1.82, 2.24) is 10.2 Å². The van der Waals surface area contributed by atoms with Crippen LogP contribution in [0.1, 0.15) is 38.5 Å². The van der Waals surface area contributed by atoms with Crippen LogP contribution >= 0.6 is 0 Å². The summed E-state index contributed by atoms with van der Waals surface area (Å²) in [5.41, 5.74) is 5.87. The van der Waals surface area contributed by atoms with Crippen molar-refractivity contribution >= 4 is 11.8 Å². The van der Waals surface area contributed by atoms with E-state index in [4.69, 9.17) is 10.5 Å². The Balaban J connectivity index is 1.49. The Morgan fingerprint density at radius 2 is 1.89 bits per heavy atom. The number of amides is 2. The van der Waals surface area contributed by atoms with E-state index in [0.29, 0.717) is 31.3 Å². The van der Waals surface area contributed by atoms with Gasteiger partial charge in [-0.3, -0.25) is 9.59 Å². The predicted molar refractivity (Wildman–Crippen MR) is 104 cm³/mol. The van der Waals surface area contributed by atoms with Crippen molar-refractivity contribution in [2.75, 3.05) is 26.2 Å². The van der Waals surface area contributed by atoms with Crippen molar-refractivity contribution in [3.8, 4) is 5.75 Å². The molecule has 1 saturated heterocycles. The van der Waals surface area contributed by atoms with Crippen LogP contribution in [0.2, 0.25) is 0 Å². The average molecular weight is 373 g/mol. The fourth-order valence-electron chi connectivity index (χ4n) is 4.15. The Morgan fingerprint density at radius 1 is 1.11 bits per heavy atom. The minimum Gasteiger partial charge on any atom is -0.484 e. The number of carbonyl (C=O) groups is 2. The molecule has 3 rings (SSSR count). The summed E-state index contributed by atoms with van der Waals surface area (Å²) in [6, 6.07) is 9.50. The summed E-state index contributed by atoms with van der Waals surface area (Å²) in [4.78, 5) is 27.0. The maximum atomic E-state index is 12.8. The van der Waals surface area contributed by atoms with E-state index < -0.39 is 0 Å². The zero-order valence-corrected chi connectivity index (χ0v) is 15.9. The van der Waals surface area contributed by atoms with Gasteiger partial charge in [0.1, 0.15) is 5.75 Å². The van der Waals surface area contributed by atoms with Crippen molar-refractivity contribution in [2.24, 2.45) is 17.6 Å². The molecular formula is C21H31N3O3. The van der Waals surface area contributed by atoms with Gasteiger partial charge in [0.15, 0.2) is 6.61 Å². The van der Waals surface area contributed by atoms with Crippen LogP contribution in [0.15, 0.2) is 30.3 Å². The smallest absolute Gasteiger partial charge is 0.260 e. The molecule has 6 nitrogen and oxygen atoms in total. The molecule has 148 valence electrons. The number of nitrogens with zero attached hydrogens (tertiary/aromatic N) is 1. The molecule has 1 aliphatic carbocycles. The van der Waals surface area contributed by atoms with E-state index in [0.717, 1.165) is 32.1 Å². The van der Waals surface area contributed by atoms with Gasteiger partial charge in [-0.25, -0.2) is 0 Å². The highest BCUT2D eigenvalue weighted by Crippen LogP contribution is 2.25. The number of hydrogen-bond donors (Lipinski definition) is 2. The molecule has 1 aromatic rings. The van der Waals surface area contributed by atoms with Crippen LogP contribution in [-0.4, -0.2) is 49.0 Å². The van der Waals surface area contributed by atoms with Gasteiger partial charge in [-0.15, -0.1) is 0 Å². The molecule has 3 N–H and O–H groups in total. The minimum atomic E-state index is -0.139. The Kier molecular flexibility index (Phi) is 7.10. The molecule has 1 heterocycles. The largest absolute Gasteiger partial charge is 0.484 e. The first-order valence-electron chi connectivity index (χ1n) is 10.1. The molecule has 6 heteroatoms. The third-order valence-electron chi connectivity index (χ3n) is 5.79. The van der Waals surface area contributed by atoms with Crippen LogP contribution in [0.4, 0.5) is 0 Å². The lowest BCUT2D eigenvalue weighted by Crippen LogP contribution is -2.51. The molecular weight excluding hydrogens is 342 g/mol. The Bertz CT molecular complexity index is 622. The second-order valence-electron chi connectivity index (χ2n) is 7.68. The van der Waals surface area contributed by atoms with Crippen LogP contribution in [0.25, 0.3) is 0 Å². The molecule has 0 radical (unpaired) electrons. The topological polar surface area (TPSA) is 84.7 Å². The summed E-state index contributed by atoms with van der Waals surface area (Å²) < 4.78 is 5.56. The standard InChI is InChI=1S/C21H31N3O3/c22-13-16-7-4-5-11-19(16)23-21(26)17-8-6-12-24(14-17)20(25)15-27-18-9-2-1-3-10-18/h1-3,9-10,16-17,19H,4-8,11-15,22H2,(H,23,26). The summed E-state index contributed by atoms with van der Waals surface area (Å²) in [6.07, 6.45) is 6.12. The maximum Gasteiger partial charge on any atom is 0.260 e. The fraction of sp³-hybridized carbons (Fsp3) is 0.619. The van der Waals surface area contributed by atoms with Crippen LogP contribution in [0.3, 0.4) is 0 Å². The Labute approximate surface area is 161 Å². The Morgan fingerprint density at radius 3 is 2.67 bits per heavy atom. The molecule has 0 bridgehead atoms. The summed E-state index contributed by atoms with van der Waals surface area (Å²) >= 11 is 0. The zero-order chi connectivity index (χ0) is 19.1. The van der Waals surface area contributed by atoms with Gasteiger partial charge in [-0.05, 0) is 50.3 Å². The molecule has 1 saturated carbocycles. The molecule has 1 aliphatic heterocycles. The van der Waals surface area contributed by atoms with Crippen molar-refractivity contribution in [1.29, 1.82) is 0 Å². The van der Waals surface area contributed by atoms with Gasteiger partial charge >= 0.3 is 0 Å². The summed E-state index contributed by atoms with van der Waals surface area (Å²) in [5, 5.41) is 3.22. The van der Waals surface area contributed by atoms with Gasteiger partial charge < -0.3 is 20.7 Å². The Hall–Kier alpha value is -2.08. The molecule has 1 aromatic carbocycles. The quantitative estimate of drug-likeness (QED) is 0.798. The number of ether oxygens (including phenoxy) is 1. The van der Waals surface area contributed by atoms with Gasteiger partial charge in [-0.2, -0.15) is 0 Å². The monoisotopic (exact) mass is 373 g/mol. The van der Waals surface area contributed by atoms with Gasteiger partial charge in [0, 0.05) is 19.1 Å². The molecule has 0 aromatic heterocycles. The van der Waals surface area contributed by atoms with E-state index in [1.165, 1.54) is 6.42 Å². The van der Waals surface area contributed by atoms with E-state index in [9.17, 15) is 9.59 Å². The normalized spacial score (nSPS) is 25.7. The van der Waals surface area contributed by atoms with Gasteiger partial charge in [-0.1, -0.05) is 31.0 Å². The second kappa shape index (κ2) is 9.74. The molecule has 2 fully saturated rings. The van der Waals surface area contributed by atoms with Gasteiger partial charge in [0.05, 0.1) is 5.92 Å². The SMILES string of the molecule is NCC1CCCCC1NC(=O)C1CCCN(C(=O)COc2ccccc2)C1. The summed E-state index contributed by atoms with van der Waals surface area (Å²) in [6.45, 7) is 1.80. The van der Waals surface area contributed by atoms with Crippen molar-refractivity contribution in [3.63, 3.8) is 0 Å². The molecule has 2 amide bonds. The lowest BCUT2D eigenvalue weighted by Gasteiger charge is -2.35. The third kappa shape index (κ3) is 5.45. The first kappa shape index (κ1) is 19.7. The number of nitrogens with one attached hydrogen (secondary N) is 1. The number of piperidine rings is 1. The highest BCUT2D eigenvalue weighted by molar-refractivity contribution is 5.82. The minimum absolute atomic E-state index is 0.0101. The number of benzene rings is 1. The first-order chi connectivity index (χ1) is 13.2. The molecule has 2 aliphatic rings. The van der Waals surface area contributed by atoms with E-state index >= 15 is 0 Å². The van der Waals surface area contributed by atoms with E-state index in [2.05, 4.69) is 5.32 Å². The van der Waals surface area contributed by atoms with Crippen LogP contribution in [0.5, 0.6) is 5.75 Å². The van der Waals surface area contributed by atoms with Gasteiger partial charge in [0.2, 0.25) is 5.91 Å². The van der Waals surface area contributed by atoms with E-state index in [1.54, 1.807) is 4.90 Å². The molecule has 3 unspecified atom stereocenters. The number of carbonyl (C=O) groups excluding carboxylic acids is 2. The number of nitrogens with two attached hydrogens (primary N) is 1. The fourth-order valence-corrected chi connectivity index (χ4v) is 4.15. The average Bonchev–Trinajstić information content (AvgIpc) is 2.73. The predicted octanol–water partition coefficient (Wildman–Crippen LogP) is 1.94. The van der Waals surface area contributed by atoms with Crippen molar-refractivity contribution in [3.05, 3.63) is 30.3 Å². The molecule has 3 atom stereocenters. The van der Waals surface area contributed by atoms with E-state index in [1.807, 2.05) is 30.3 Å². The van der Waals surface area contributed by atoms with Crippen molar-refractivity contribution in [2.45, 2.75) is 44.6 Å². The summed E-state index contributed by atoms with van der Waals surface area (Å²) in [7, 11) is 0. The van der Waals surface area contributed by atoms with Crippen LogP contribution in [0, 0.1) is 11.8 Å². The number of likely N-dealkylation sites (tertiary alicyclic amines) is 1. The van der Waals surface area contributed by atoms with Crippen LogP contribution < -0.4 is 15.8 Å². The van der Waals surface area contributed by atoms with Crippen LogP contribution in [-0.2, 0) is 9.59 Å². The lowest BCUT2D eigenvalue weighted by atomic mass is 9.84.